The van der Waals surface area contributed by atoms with E-state index in [1.54, 1.807) is 6.33 Å². The molecule has 7 nitrogen and oxygen atoms in total. The molecule has 0 atom stereocenters. The normalized spacial score (nSPS) is 14.4. The third-order valence-electron chi connectivity index (χ3n) is 2.29. The molecule has 8 heteroatoms. The fourth-order valence-corrected chi connectivity index (χ4v) is 1.54. The molecule has 0 bridgehead atoms. The maximum absolute atomic E-state index is 11.6. The summed E-state index contributed by atoms with van der Waals surface area (Å²) in [6, 6.07) is -0.445. The number of halogens is 1. The number of rotatable bonds is 1. The summed E-state index contributed by atoms with van der Waals surface area (Å²) in [5, 5.41) is 9.79. The van der Waals surface area contributed by atoms with Gasteiger partial charge in [0, 0.05) is 13.1 Å². The zero-order chi connectivity index (χ0) is 11.5. The maximum atomic E-state index is 11.6. The molecule has 0 unspecified atom stereocenters. The van der Waals surface area contributed by atoms with Crippen LogP contribution in [-0.4, -0.2) is 44.0 Å². The van der Waals surface area contributed by atoms with Gasteiger partial charge in [0.15, 0.2) is 5.82 Å². The Morgan fingerprint density at radius 2 is 2.31 bits per heavy atom. The summed E-state index contributed by atoms with van der Waals surface area (Å²) in [5.41, 5.74) is 0. The van der Waals surface area contributed by atoms with E-state index in [1.165, 1.54) is 4.90 Å². The second kappa shape index (κ2) is 4.48. The van der Waals surface area contributed by atoms with Gasteiger partial charge in [-0.25, -0.2) is 4.79 Å². The molecule has 86 valence electrons. The number of hydrogen-bond acceptors (Lipinski definition) is 4. The Hall–Kier alpha value is -1.63. The number of amides is 3. The molecule has 16 heavy (non-hydrogen) atoms. The van der Waals surface area contributed by atoms with Gasteiger partial charge in [-0.1, -0.05) is 0 Å². The highest BCUT2D eigenvalue weighted by molar-refractivity contribution is 6.28. The Bertz CT molecular complexity index is 418. The van der Waals surface area contributed by atoms with Crippen molar-refractivity contribution in [3.8, 4) is 0 Å². The number of nitrogens with one attached hydrogen (secondary N) is 1. The van der Waals surface area contributed by atoms with Gasteiger partial charge in [0.25, 0.3) is 0 Å². The number of aromatic nitrogens is 3. The van der Waals surface area contributed by atoms with Crippen LogP contribution >= 0.6 is 11.6 Å². The molecule has 0 aliphatic carbocycles. The molecule has 1 aliphatic heterocycles. The highest BCUT2D eigenvalue weighted by Crippen LogP contribution is 2.08. The van der Waals surface area contributed by atoms with E-state index in [2.05, 4.69) is 15.5 Å². The van der Waals surface area contributed by atoms with Gasteiger partial charge >= 0.3 is 6.03 Å². The minimum atomic E-state index is -0.501. The molecule has 0 saturated heterocycles. The van der Waals surface area contributed by atoms with Crippen molar-refractivity contribution in [2.24, 2.45) is 0 Å². The Morgan fingerprint density at radius 3 is 3.06 bits per heavy atom. The molecule has 0 saturated carbocycles. The minimum absolute atomic E-state index is 0.226. The van der Waals surface area contributed by atoms with Crippen molar-refractivity contribution in [1.29, 1.82) is 0 Å². The highest BCUT2D eigenvalue weighted by Gasteiger charge is 2.22. The lowest BCUT2D eigenvalue weighted by molar-refractivity contribution is -0.117. The Labute approximate surface area is 96.4 Å². The number of hydrogen-bond donors (Lipinski definition) is 1. The molecule has 2 heterocycles. The Kier molecular flexibility index (Phi) is 3.04. The van der Waals surface area contributed by atoms with E-state index in [0.29, 0.717) is 25.5 Å². The molecular weight excluding hydrogens is 234 g/mol. The van der Waals surface area contributed by atoms with Crippen molar-refractivity contribution in [3.63, 3.8) is 0 Å². The molecule has 1 N–H and O–H groups in total. The predicted octanol–water partition coefficient (Wildman–Crippen LogP) is -0.431. The fourth-order valence-electron chi connectivity index (χ4n) is 1.47. The van der Waals surface area contributed by atoms with Crippen LogP contribution in [0.1, 0.15) is 5.82 Å². The van der Waals surface area contributed by atoms with E-state index in [4.69, 9.17) is 11.6 Å². The van der Waals surface area contributed by atoms with Gasteiger partial charge in [-0.05, 0) is 0 Å². The molecule has 1 aliphatic rings. The largest absolute Gasteiger partial charge is 0.324 e. The van der Waals surface area contributed by atoms with Crippen LogP contribution in [0.3, 0.4) is 0 Å². The molecule has 1 aromatic heterocycles. The third kappa shape index (κ3) is 2.13. The molecule has 2 rings (SSSR count). The molecular formula is C8H10ClN5O2. The van der Waals surface area contributed by atoms with Crippen LogP contribution in [0.25, 0.3) is 0 Å². The molecule has 0 aromatic carbocycles. The summed E-state index contributed by atoms with van der Waals surface area (Å²) in [6.07, 6.45) is 1.62. The second-order valence-electron chi connectivity index (χ2n) is 3.35. The highest BCUT2D eigenvalue weighted by atomic mass is 35.5. The number of fused-ring (bicyclic) bond motifs is 1. The smallest absolute Gasteiger partial charge is 0.315 e. The average Bonchev–Trinajstić information content (AvgIpc) is 2.75. The van der Waals surface area contributed by atoms with E-state index >= 15 is 0 Å². The van der Waals surface area contributed by atoms with Gasteiger partial charge in [-0.2, -0.15) is 0 Å². The van der Waals surface area contributed by atoms with Crippen molar-refractivity contribution in [3.05, 3.63) is 12.2 Å². The summed E-state index contributed by atoms with van der Waals surface area (Å²) >= 11 is 5.29. The van der Waals surface area contributed by atoms with Crippen LogP contribution in [0.15, 0.2) is 6.33 Å². The standard InChI is InChI=1S/C8H10ClN5O2/c9-3-7(15)11-8(16)13-1-2-14-5-10-12-6(14)4-13/h5H,1-4H2,(H,11,15,16). The number of urea groups is 1. The van der Waals surface area contributed by atoms with Gasteiger partial charge in [-0.15, -0.1) is 21.8 Å². The lowest BCUT2D eigenvalue weighted by atomic mass is 10.4. The molecule has 0 radical (unpaired) electrons. The summed E-state index contributed by atoms with van der Waals surface area (Å²) in [6.45, 7) is 1.50. The Morgan fingerprint density at radius 1 is 1.50 bits per heavy atom. The van der Waals surface area contributed by atoms with Gasteiger partial charge in [0.05, 0.1) is 6.54 Å². The van der Waals surface area contributed by atoms with Crippen molar-refractivity contribution >= 4 is 23.5 Å². The third-order valence-corrected chi connectivity index (χ3v) is 2.54. The predicted molar refractivity (Wildman–Crippen MR) is 54.7 cm³/mol. The van der Waals surface area contributed by atoms with Gasteiger partial charge in [0.1, 0.15) is 12.2 Å². The van der Waals surface area contributed by atoms with Crippen LogP contribution in [0.4, 0.5) is 4.79 Å². The van der Waals surface area contributed by atoms with Crippen LogP contribution in [-0.2, 0) is 17.9 Å². The van der Waals surface area contributed by atoms with E-state index in [9.17, 15) is 9.59 Å². The monoisotopic (exact) mass is 243 g/mol. The van der Waals surface area contributed by atoms with Crippen LogP contribution in [0.5, 0.6) is 0 Å². The maximum Gasteiger partial charge on any atom is 0.324 e. The van der Waals surface area contributed by atoms with E-state index in [1.807, 2.05) is 4.57 Å². The number of imide groups is 1. The van der Waals surface area contributed by atoms with Gasteiger partial charge < -0.3 is 9.47 Å². The lowest BCUT2D eigenvalue weighted by Gasteiger charge is -2.26. The summed E-state index contributed by atoms with van der Waals surface area (Å²) < 4.78 is 1.87. The number of nitrogens with zero attached hydrogens (tertiary/aromatic N) is 4. The fraction of sp³-hybridized carbons (Fsp3) is 0.500. The summed E-state index contributed by atoms with van der Waals surface area (Å²) in [5.74, 6) is -0.0195. The first-order valence-corrected chi connectivity index (χ1v) is 5.25. The van der Waals surface area contributed by atoms with Crippen molar-refractivity contribution < 1.29 is 9.59 Å². The molecule has 1 aromatic rings. The number of carbonyl (C=O) groups excluding carboxylic acids is 2. The molecule has 3 amide bonds. The van der Waals surface area contributed by atoms with Crippen molar-refractivity contribution in [2.75, 3.05) is 12.4 Å². The molecule has 0 fully saturated rings. The first-order valence-electron chi connectivity index (χ1n) is 4.72. The second-order valence-corrected chi connectivity index (χ2v) is 3.62. The first-order chi connectivity index (χ1) is 7.70. The SMILES string of the molecule is O=C(CCl)NC(=O)N1CCn2cnnc2C1. The summed E-state index contributed by atoms with van der Waals surface area (Å²) in [4.78, 5) is 24.0. The number of alkyl halides is 1. The van der Waals surface area contributed by atoms with E-state index < -0.39 is 11.9 Å². The zero-order valence-electron chi connectivity index (χ0n) is 8.39. The van der Waals surface area contributed by atoms with Crippen LogP contribution in [0, 0.1) is 0 Å². The Balaban J connectivity index is 1.98. The quantitative estimate of drug-likeness (QED) is 0.679. The van der Waals surface area contributed by atoms with Crippen LogP contribution in [0.2, 0.25) is 0 Å². The summed E-state index contributed by atoms with van der Waals surface area (Å²) in [7, 11) is 0. The van der Waals surface area contributed by atoms with Crippen molar-refractivity contribution in [1.82, 2.24) is 25.0 Å². The lowest BCUT2D eigenvalue weighted by Crippen LogP contribution is -2.46. The zero-order valence-corrected chi connectivity index (χ0v) is 9.15. The molecule has 0 spiro atoms. The van der Waals surface area contributed by atoms with Crippen LogP contribution < -0.4 is 5.32 Å². The van der Waals surface area contributed by atoms with Gasteiger partial charge in [-0.3, -0.25) is 10.1 Å². The minimum Gasteiger partial charge on any atom is -0.315 e. The topological polar surface area (TPSA) is 80.1 Å². The average molecular weight is 244 g/mol. The van der Waals surface area contributed by atoms with Crippen molar-refractivity contribution in [2.45, 2.75) is 13.1 Å². The van der Waals surface area contributed by atoms with E-state index in [0.717, 1.165) is 0 Å². The first kappa shape index (κ1) is 10.9. The van der Waals surface area contributed by atoms with E-state index in [-0.39, 0.29) is 5.88 Å². The number of carbonyl (C=O) groups is 2. The van der Waals surface area contributed by atoms with Gasteiger partial charge in [0.2, 0.25) is 5.91 Å².